The van der Waals surface area contributed by atoms with Crippen molar-refractivity contribution in [1.82, 2.24) is 9.63 Å². The summed E-state index contributed by atoms with van der Waals surface area (Å²) in [6.07, 6.45) is 6.96. The first-order valence-corrected chi connectivity index (χ1v) is 7.51. The lowest BCUT2D eigenvalue weighted by molar-refractivity contribution is -0.301. The van der Waals surface area contributed by atoms with Crippen molar-refractivity contribution in [1.29, 1.82) is 0 Å². The fourth-order valence-electron chi connectivity index (χ4n) is 3.31. The molecule has 0 saturated carbocycles. The highest BCUT2D eigenvalue weighted by Crippen LogP contribution is 2.38. The number of hydrogen-bond donors (Lipinski definition) is 0. The molecule has 1 saturated heterocycles. The van der Waals surface area contributed by atoms with E-state index in [9.17, 15) is 5.21 Å². The van der Waals surface area contributed by atoms with Gasteiger partial charge in [0, 0.05) is 36.6 Å². The van der Waals surface area contributed by atoms with Gasteiger partial charge in [-0.15, -0.1) is 10.3 Å². The monoisotopic (exact) mass is 279 g/mol. The molecule has 1 aromatic rings. The lowest BCUT2D eigenvalue weighted by atomic mass is 9.80. The SMILES string of the molecule is CC1(C)CC(OCCCn2cccc2)CC(C)(C)N1[O]. The quantitative estimate of drug-likeness (QED) is 0.776. The van der Waals surface area contributed by atoms with Crippen molar-refractivity contribution in [2.75, 3.05) is 6.61 Å². The molecule has 1 fully saturated rings. The standard InChI is InChI=1S/C16H27N2O2/c1-15(2)12-14(13-16(3,4)18(15)19)20-11-7-10-17-8-5-6-9-17/h5-6,8-9,14H,7,10-13H2,1-4H3. The second-order valence-corrected chi connectivity index (χ2v) is 7.09. The topological polar surface area (TPSA) is 37.3 Å². The minimum absolute atomic E-state index is 0.190. The number of piperidine rings is 1. The van der Waals surface area contributed by atoms with Gasteiger partial charge in [0.1, 0.15) is 0 Å². The third-order valence-electron chi connectivity index (χ3n) is 4.13. The molecule has 2 heterocycles. The van der Waals surface area contributed by atoms with E-state index < -0.39 is 0 Å². The average molecular weight is 279 g/mol. The van der Waals surface area contributed by atoms with Gasteiger partial charge in [0.05, 0.1) is 6.10 Å². The van der Waals surface area contributed by atoms with Crippen molar-refractivity contribution in [3.63, 3.8) is 0 Å². The van der Waals surface area contributed by atoms with Crippen LogP contribution >= 0.6 is 0 Å². The van der Waals surface area contributed by atoms with Crippen LogP contribution in [-0.4, -0.2) is 33.4 Å². The van der Waals surface area contributed by atoms with E-state index in [1.54, 1.807) is 0 Å². The Morgan fingerprint density at radius 2 is 1.65 bits per heavy atom. The summed E-state index contributed by atoms with van der Waals surface area (Å²) in [5, 5.41) is 13.5. The molecule has 1 aliphatic heterocycles. The molecule has 1 aliphatic rings. The summed E-state index contributed by atoms with van der Waals surface area (Å²) >= 11 is 0. The van der Waals surface area contributed by atoms with Gasteiger partial charge in [-0.05, 0) is 59.1 Å². The van der Waals surface area contributed by atoms with E-state index in [4.69, 9.17) is 4.74 Å². The lowest BCUT2D eigenvalue weighted by Crippen LogP contribution is -2.59. The summed E-state index contributed by atoms with van der Waals surface area (Å²) in [4.78, 5) is 0. The van der Waals surface area contributed by atoms with Gasteiger partial charge in [-0.1, -0.05) is 0 Å². The van der Waals surface area contributed by atoms with Crippen LogP contribution in [0.4, 0.5) is 0 Å². The normalized spacial score (nSPS) is 23.1. The minimum Gasteiger partial charge on any atom is -0.378 e. The second kappa shape index (κ2) is 5.88. The van der Waals surface area contributed by atoms with Crippen molar-refractivity contribution in [3.8, 4) is 0 Å². The highest BCUT2D eigenvalue weighted by Gasteiger charge is 2.46. The van der Waals surface area contributed by atoms with Crippen LogP contribution in [0.2, 0.25) is 0 Å². The highest BCUT2D eigenvalue weighted by atomic mass is 16.5. The summed E-state index contributed by atoms with van der Waals surface area (Å²) in [5.41, 5.74) is -0.681. The van der Waals surface area contributed by atoms with Gasteiger partial charge in [-0.2, -0.15) is 0 Å². The molecule has 2 rings (SSSR count). The molecule has 0 aromatic carbocycles. The van der Waals surface area contributed by atoms with Crippen LogP contribution in [0.15, 0.2) is 24.5 Å². The first-order chi connectivity index (χ1) is 9.31. The van der Waals surface area contributed by atoms with Gasteiger partial charge in [-0.3, -0.25) is 0 Å². The van der Waals surface area contributed by atoms with Crippen molar-refractivity contribution in [3.05, 3.63) is 24.5 Å². The van der Waals surface area contributed by atoms with E-state index in [-0.39, 0.29) is 17.2 Å². The van der Waals surface area contributed by atoms with Crippen molar-refractivity contribution < 1.29 is 9.94 Å². The molecule has 20 heavy (non-hydrogen) atoms. The number of ether oxygens (including phenoxy) is 1. The molecule has 1 aromatic heterocycles. The lowest BCUT2D eigenvalue weighted by Gasteiger charge is -2.49. The maximum atomic E-state index is 12.3. The summed E-state index contributed by atoms with van der Waals surface area (Å²) in [6, 6.07) is 4.08. The first kappa shape index (κ1) is 15.5. The molecule has 0 atom stereocenters. The number of aromatic nitrogens is 1. The Morgan fingerprint density at radius 3 is 2.20 bits per heavy atom. The Hall–Kier alpha value is -0.840. The van der Waals surface area contributed by atoms with Gasteiger partial charge in [-0.25, -0.2) is 0 Å². The van der Waals surface area contributed by atoms with Gasteiger partial charge in [0.25, 0.3) is 0 Å². The maximum Gasteiger partial charge on any atom is 0.0611 e. The van der Waals surface area contributed by atoms with Gasteiger partial charge >= 0.3 is 0 Å². The number of hydrogen-bond acceptors (Lipinski definition) is 2. The first-order valence-electron chi connectivity index (χ1n) is 7.51. The third-order valence-corrected chi connectivity index (χ3v) is 4.13. The van der Waals surface area contributed by atoms with Crippen LogP contribution in [0.1, 0.15) is 47.0 Å². The Morgan fingerprint density at radius 1 is 1.10 bits per heavy atom. The van der Waals surface area contributed by atoms with Crippen LogP contribution in [0.3, 0.4) is 0 Å². The molecule has 1 radical (unpaired) electrons. The van der Waals surface area contributed by atoms with Gasteiger partial charge in [0.15, 0.2) is 0 Å². The van der Waals surface area contributed by atoms with Crippen molar-refractivity contribution in [2.45, 2.75) is 70.7 Å². The Bertz CT molecular complexity index is 394. The summed E-state index contributed by atoms with van der Waals surface area (Å²) in [5.74, 6) is 0. The number of nitrogens with zero attached hydrogens (tertiary/aromatic N) is 2. The van der Waals surface area contributed by atoms with E-state index in [1.165, 1.54) is 5.06 Å². The molecule has 0 N–H and O–H groups in total. The summed E-state index contributed by atoms with van der Waals surface area (Å²) in [6.45, 7) is 9.79. The number of rotatable bonds is 5. The molecule has 4 nitrogen and oxygen atoms in total. The van der Waals surface area contributed by atoms with Crippen molar-refractivity contribution in [2.24, 2.45) is 0 Å². The van der Waals surface area contributed by atoms with Crippen LogP contribution in [0.5, 0.6) is 0 Å². The van der Waals surface area contributed by atoms with Crippen LogP contribution in [-0.2, 0) is 16.5 Å². The zero-order chi connectivity index (χ0) is 14.8. The number of hydroxylamine groups is 2. The van der Waals surface area contributed by atoms with E-state index in [1.807, 2.05) is 39.8 Å². The predicted octanol–water partition coefficient (Wildman–Crippen LogP) is 3.26. The Balaban J connectivity index is 1.78. The molecule has 4 heteroatoms. The van der Waals surface area contributed by atoms with E-state index >= 15 is 0 Å². The van der Waals surface area contributed by atoms with E-state index in [0.717, 1.165) is 32.4 Å². The zero-order valence-electron chi connectivity index (χ0n) is 13.1. The smallest absolute Gasteiger partial charge is 0.0611 e. The molecule has 0 aliphatic carbocycles. The Kier molecular flexibility index (Phi) is 4.57. The average Bonchev–Trinajstić information content (AvgIpc) is 2.84. The fraction of sp³-hybridized carbons (Fsp3) is 0.750. The molecule has 0 bridgehead atoms. The van der Waals surface area contributed by atoms with E-state index in [0.29, 0.717) is 0 Å². The molecule has 113 valence electrons. The zero-order valence-corrected chi connectivity index (χ0v) is 13.1. The number of aryl methyl sites for hydroxylation is 1. The molecule has 0 spiro atoms. The van der Waals surface area contributed by atoms with Crippen LogP contribution in [0.25, 0.3) is 0 Å². The Labute approximate surface area is 122 Å². The molecule has 0 amide bonds. The summed E-state index contributed by atoms with van der Waals surface area (Å²) in [7, 11) is 0. The van der Waals surface area contributed by atoms with Crippen LogP contribution < -0.4 is 0 Å². The molecule has 0 unspecified atom stereocenters. The van der Waals surface area contributed by atoms with Gasteiger partial charge in [0.2, 0.25) is 0 Å². The van der Waals surface area contributed by atoms with E-state index in [2.05, 4.69) is 17.0 Å². The molecular weight excluding hydrogens is 252 g/mol. The fourth-order valence-corrected chi connectivity index (χ4v) is 3.31. The van der Waals surface area contributed by atoms with Gasteiger partial charge < -0.3 is 9.30 Å². The largest absolute Gasteiger partial charge is 0.378 e. The predicted molar refractivity (Wildman–Crippen MR) is 78.7 cm³/mol. The minimum atomic E-state index is -0.340. The third kappa shape index (κ3) is 3.62. The second-order valence-electron chi connectivity index (χ2n) is 7.09. The molecular formula is C16H27N2O2. The van der Waals surface area contributed by atoms with Crippen LogP contribution in [0, 0.1) is 0 Å². The maximum absolute atomic E-state index is 12.3. The van der Waals surface area contributed by atoms with Crippen molar-refractivity contribution >= 4 is 0 Å². The summed E-state index contributed by atoms with van der Waals surface area (Å²) < 4.78 is 8.19. The highest BCUT2D eigenvalue weighted by molar-refractivity contribution is 4.96.